The van der Waals surface area contributed by atoms with Crippen LogP contribution in [0.3, 0.4) is 0 Å². The first-order chi connectivity index (χ1) is 11.4. The van der Waals surface area contributed by atoms with Gasteiger partial charge in [0.15, 0.2) is 6.29 Å². The summed E-state index contributed by atoms with van der Waals surface area (Å²) in [7, 11) is 0. The summed E-state index contributed by atoms with van der Waals surface area (Å²) in [6, 6.07) is 4.34. The van der Waals surface area contributed by atoms with Crippen LogP contribution in [-0.2, 0) is 9.53 Å². The summed E-state index contributed by atoms with van der Waals surface area (Å²) in [5.74, 6) is -0.838. The number of carbonyl (C=O) groups excluding carboxylic acids is 2. The zero-order valence-corrected chi connectivity index (χ0v) is 14.5. The van der Waals surface area contributed by atoms with Gasteiger partial charge in [-0.3, -0.25) is 9.59 Å². The third-order valence-electron chi connectivity index (χ3n) is 3.35. The normalized spacial score (nSPS) is 11.8. The van der Waals surface area contributed by atoms with E-state index in [0.29, 0.717) is 24.4 Å². The Morgan fingerprint density at radius 3 is 2.58 bits per heavy atom. The van der Waals surface area contributed by atoms with Crippen molar-refractivity contribution in [2.24, 2.45) is 0 Å². The number of benzene rings is 1. The van der Waals surface area contributed by atoms with Crippen LogP contribution in [0.25, 0.3) is 0 Å². The second-order valence-corrected chi connectivity index (χ2v) is 5.96. The summed E-state index contributed by atoms with van der Waals surface area (Å²) < 4.78 is 4.62. The number of phenols is 1. The molecule has 0 heterocycles. The Morgan fingerprint density at radius 1 is 1.21 bits per heavy atom. The number of rotatable bonds is 10. The zero-order valence-electron chi connectivity index (χ0n) is 13.8. The molecule has 0 aliphatic rings. The molecule has 1 aromatic carbocycles. The van der Waals surface area contributed by atoms with Crippen LogP contribution >= 0.6 is 11.6 Å². The number of aromatic hydroxyl groups is 1. The fourth-order valence-corrected chi connectivity index (χ4v) is 2.33. The van der Waals surface area contributed by atoms with Gasteiger partial charge in [0.1, 0.15) is 5.75 Å². The van der Waals surface area contributed by atoms with E-state index >= 15 is 0 Å². The molecule has 134 valence electrons. The van der Waals surface area contributed by atoms with E-state index in [1.54, 1.807) is 0 Å². The predicted octanol–water partition coefficient (Wildman–Crippen LogP) is 3.00. The molecular weight excluding hydrogens is 334 g/mol. The van der Waals surface area contributed by atoms with Crippen molar-refractivity contribution < 1.29 is 24.5 Å². The maximum atomic E-state index is 11.9. The Hall–Kier alpha value is -1.79. The molecule has 0 saturated carbocycles. The minimum absolute atomic E-state index is 0.0963. The molecular formula is C17H24ClNO5. The van der Waals surface area contributed by atoms with Gasteiger partial charge in [-0.05, 0) is 38.0 Å². The third-order valence-corrected chi connectivity index (χ3v) is 3.58. The molecule has 1 amide bonds. The number of aliphatic hydroxyl groups excluding tert-OH is 1. The maximum absolute atomic E-state index is 11.9. The van der Waals surface area contributed by atoms with Gasteiger partial charge in [0.05, 0.1) is 5.56 Å². The van der Waals surface area contributed by atoms with Gasteiger partial charge in [-0.2, -0.15) is 0 Å². The van der Waals surface area contributed by atoms with E-state index < -0.39 is 12.3 Å². The zero-order chi connectivity index (χ0) is 17.9. The molecule has 1 atom stereocenters. The summed E-state index contributed by atoms with van der Waals surface area (Å²) in [6.45, 7) is 1.91. The molecule has 0 radical (unpaired) electrons. The van der Waals surface area contributed by atoms with Gasteiger partial charge in [0.25, 0.3) is 5.91 Å². The van der Waals surface area contributed by atoms with Crippen molar-refractivity contribution in [1.82, 2.24) is 5.32 Å². The number of aliphatic hydroxyl groups is 1. The highest BCUT2D eigenvalue weighted by molar-refractivity contribution is 6.31. The molecule has 1 aromatic rings. The van der Waals surface area contributed by atoms with Crippen LogP contribution < -0.4 is 5.32 Å². The highest BCUT2D eigenvalue weighted by Crippen LogP contribution is 2.21. The van der Waals surface area contributed by atoms with Gasteiger partial charge in [-0.1, -0.05) is 30.9 Å². The van der Waals surface area contributed by atoms with Crippen LogP contribution in [0.1, 0.15) is 55.8 Å². The lowest BCUT2D eigenvalue weighted by Crippen LogP contribution is -2.24. The summed E-state index contributed by atoms with van der Waals surface area (Å²) in [5.41, 5.74) is 0.166. The van der Waals surface area contributed by atoms with Crippen LogP contribution in [0.2, 0.25) is 5.02 Å². The molecule has 0 aliphatic heterocycles. The maximum Gasteiger partial charge on any atom is 0.308 e. The fraction of sp³-hybridized carbons (Fsp3) is 0.529. The number of halogens is 1. The molecule has 6 nitrogen and oxygen atoms in total. The number of hydrogen-bond acceptors (Lipinski definition) is 5. The smallest absolute Gasteiger partial charge is 0.308 e. The lowest BCUT2D eigenvalue weighted by atomic mass is 10.1. The lowest BCUT2D eigenvalue weighted by Gasteiger charge is -2.08. The molecule has 1 rings (SSSR count). The van der Waals surface area contributed by atoms with Gasteiger partial charge in [-0.25, -0.2) is 0 Å². The average Bonchev–Trinajstić information content (AvgIpc) is 2.51. The van der Waals surface area contributed by atoms with E-state index in [1.165, 1.54) is 25.1 Å². The van der Waals surface area contributed by atoms with E-state index in [0.717, 1.165) is 25.7 Å². The summed E-state index contributed by atoms with van der Waals surface area (Å²) in [5, 5.41) is 21.6. The first kappa shape index (κ1) is 20.3. The number of ether oxygens (including phenoxy) is 1. The van der Waals surface area contributed by atoms with Crippen LogP contribution in [0.4, 0.5) is 0 Å². The van der Waals surface area contributed by atoms with Crippen molar-refractivity contribution in [2.45, 2.75) is 51.7 Å². The van der Waals surface area contributed by atoms with Gasteiger partial charge < -0.3 is 20.3 Å². The number of amides is 1. The summed E-state index contributed by atoms with van der Waals surface area (Å²) in [6.07, 6.45) is 3.53. The molecule has 3 N–H and O–H groups in total. The average molecular weight is 358 g/mol. The molecule has 0 fully saturated rings. The third kappa shape index (κ3) is 8.17. The number of unbranched alkanes of at least 4 members (excludes halogenated alkanes) is 4. The summed E-state index contributed by atoms with van der Waals surface area (Å²) >= 11 is 5.81. The van der Waals surface area contributed by atoms with Crippen molar-refractivity contribution >= 4 is 23.5 Å². The number of esters is 1. The first-order valence-corrected chi connectivity index (χ1v) is 8.42. The second-order valence-electron chi connectivity index (χ2n) is 5.52. The molecule has 7 heteroatoms. The second kappa shape index (κ2) is 10.9. The van der Waals surface area contributed by atoms with Crippen molar-refractivity contribution in [2.75, 3.05) is 6.54 Å². The highest BCUT2D eigenvalue weighted by atomic mass is 35.5. The molecule has 24 heavy (non-hydrogen) atoms. The SMILES string of the molecule is CC(O)OC(=O)CCCCCCCNC(=O)c1cc(Cl)ccc1O. The van der Waals surface area contributed by atoms with E-state index in [4.69, 9.17) is 16.7 Å². The van der Waals surface area contributed by atoms with Crippen LogP contribution in [0, 0.1) is 0 Å². The van der Waals surface area contributed by atoms with Crippen molar-refractivity contribution in [3.63, 3.8) is 0 Å². The minimum atomic E-state index is -1.06. The standard InChI is InChI=1S/C17H24ClNO5/c1-12(20)24-16(22)7-5-3-2-4-6-10-19-17(23)14-11-13(18)8-9-15(14)21/h8-9,11-12,20-21H,2-7,10H2,1H3,(H,19,23). The van der Waals surface area contributed by atoms with E-state index in [-0.39, 0.29) is 17.2 Å². The van der Waals surface area contributed by atoms with Crippen molar-refractivity contribution in [3.8, 4) is 5.75 Å². The van der Waals surface area contributed by atoms with Crippen LogP contribution in [0.15, 0.2) is 18.2 Å². The van der Waals surface area contributed by atoms with E-state index in [9.17, 15) is 14.7 Å². The number of nitrogens with one attached hydrogen (secondary N) is 1. The van der Waals surface area contributed by atoms with Crippen LogP contribution in [-0.4, -0.2) is 34.9 Å². The molecule has 0 aromatic heterocycles. The summed E-state index contributed by atoms with van der Waals surface area (Å²) in [4.78, 5) is 23.1. The Balaban J connectivity index is 2.09. The van der Waals surface area contributed by atoms with Gasteiger partial charge >= 0.3 is 5.97 Å². The van der Waals surface area contributed by atoms with E-state index in [2.05, 4.69) is 10.1 Å². The Kier molecular flexibility index (Phi) is 9.19. The molecule has 0 saturated heterocycles. The molecule has 1 unspecified atom stereocenters. The number of phenolic OH excluding ortho intramolecular Hbond substituents is 1. The molecule has 0 bridgehead atoms. The monoisotopic (exact) mass is 357 g/mol. The number of carbonyl (C=O) groups is 2. The van der Waals surface area contributed by atoms with Crippen molar-refractivity contribution in [1.29, 1.82) is 0 Å². The minimum Gasteiger partial charge on any atom is -0.507 e. The highest BCUT2D eigenvalue weighted by Gasteiger charge is 2.11. The van der Waals surface area contributed by atoms with Crippen LogP contribution in [0.5, 0.6) is 5.75 Å². The molecule has 0 spiro atoms. The lowest BCUT2D eigenvalue weighted by molar-refractivity contribution is -0.164. The van der Waals surface area contributed by atoms with E-state index in [1.807, 2.05) is 0 Å². The number of hydrogen-bond donors (Lipinski definition) is 3. The Labute approximate surface area is 146 Å². The van der Waals surface area contributed by atoms with Crippen molar-refractivity contribution in [3.05, 3.63) is 28.8 Å². The first-order valence-electron chi connectivity index (χ1n) is 8.04. The van der Waals surface area contributed by atoms with Gasteiger partial charge in [0.2, 0.25) is 0 Å². The topological polar surface area (TPSA) is 95.9 Å². The van der Waals surface area contributed by atoms with Gasteiger partial charge in [-0.15, -0.1) is 0 Å². The quantitative estimate of drug-likeness (QED) is 0.340. The largest absolute Gasteiger partial charge is 0.507 e. The predicted molar refractivity (Wildman–Crippen MR) is 90.9 cm³/mol. The Bertz CT molecular complexity index is 548. The van der Waals surface area contributed by atoms with Gasteiger partial charge in [0, 0.05) is 18.0 Å². The Morgan fingerprint density at radius 2 is 1.88 bits per heavy atom. The molecule has 0 aliphatic carbocycles. The fourth-order valence-electron chi connectivity index (χ4n) is 2.16.